The fourth-order valence-electron chi connectivity index (χ4n) is 4.49. The lowest BCUT2D eigenvalue weighted by molar-refractivity contribution is -0.303. The Balaban J connectivity index is 2.35. The number of alkyl halides is 1. The first-order valence-electron chi connectivity index (χ1n) is 12.2. The van der Waals surface area contributed by atoms with Crippen molar-refractivity contribution in [2.75, 3.05) is 6.61 Å². The van der Waals surface area contributed by atoms with Gasteiger partial charge in [-0.05, 0) is 6.42 Å². The second-order valence-corrected chi connectivity index (χ2v) is 9.94. The summed E-state index contributed by atoms with van der Waals surface area (Å²) in [6.45, 7) is 9.31. The van der Waals surface area contributed by atoms with Gasteiger partial charge >= 0.3 is 29.8 Å². The van der Waals surface area contributed by atoms with Gasteiger partial charge in [-0.2, -0.15) is 0 Å². The molecule has 2 fully saturated rings. The highest BCUT2D eigenvalue weighted by Gasteiger charge is 2.53. The van der Waals surface area contributed by atoms with Crippen LogP contribution in [0, 0.1) is 5.92 Å². The van der Waals surface area contributed by atoms with E-state index in [1.807, 2.05) is 13.8 Å². The normalized spacial score (nSPS) is 34.9. The van der Waals surface area contributed by atoms with Crippen molar-refractivity contribution in [3.8, 4) is 0 Å². The summed E-state index contributed by atoms with van der Waals surface area (Å²) in [6, 6.07) is 0. The van der Waals surface area contributed by atoms with E-state index in [0.29, 0.717) is 6.42 Å². The summed E-state index contributed by atoms with van der Waals surface area (Å²) in [4.78, 5) is 59.2. The fourth-order valence-corrected chi connectivity index (χ4v) is 5.17. The molecular formula is C24H35BrO13. The van der Waals surface area contributed by atoms with E-state index in [9.17, 15) is 24.0 Å². The van der Waals surface area contributed by atoms with Gasteiger partial charge in [0.15, 0.2) is 35.7 Å². The summed E-state index contributed by atoms with van der Waals surface area (Å²) in [7, 11) is 0. The van der Waals surface area contributed by atoms with Crippen LogP contribution in [-0.2, 0) is 61.9 Å². The molecule has 0 unspecified atom stereocenters. The molecule has 0 saturated carbocycles. The number of halogens is 1. The van der Waals surface area contributed by atoms with Crippen LogP contribution in [0.1, 0.15) is 54.9 Å². The summed E-state index contributed by atoms with van der Waals surface area (Å²) in [5.41, 5.74) is 0. The molecule has 38 heavy (non-hydrogen) atoms. The third-order valence-electron chi connectivity index (χ3n) is 5.92. The molecular weight excluding hydrogens is 576 g/mol. The van der Waals surface area contributed by atoms with Crippen LogP contribution in [-0.4, -0.2) is 90.5 Å². The Kier molecular flexibility index (Phi) is 11.9. The third-order valence-corrected chi connectivity index (χ3v) is 6.66. The van der Waals surface area contributed by atoms with Crippen molar-refractivity contribution in [3.63, 3.8) is 0 Å². The lowest BCUT2D eigenvalue weighted by Gasteiger charge is -2.45. The zero-order chi connectivity index (χ0) is 28.7. The minimum absolute atomic E-state index is 0.301. The zero-order valence-electron chi connectivity index (χ0n) is 22.4. The van der Waals surface area contributed by atoms with Crippen molar-refractivity contribution in [2.45, 2.75) is 109 Å². The molecule has 13 nitrogen and oxygen atoms in total. The van der Waals surface area contributed by atoms with Crippen LogP contribution in [0.2, 0.25) is 0 Å². The van der Waals surface area contributed by atoms with Crippen LogP contribution >= 0.6 is 15.9 Å². The molecule has 0 aromatic rings. The smallest absolute Gasteiger partial charge is 0.303 e. The lowest BCUT2D eigenvalue weighted by atomic mass is 9.89. The highest BCUT2D eigenvalue weighted by atomic mass is 79.9. The van der Waals surface area contributed by atoms with Gasteiger partial charge in [0, 0.05) is 40.5 Å². The molecule has 0 radical (unpaired) electrons. The number of rotatable bonds is 9. The van der Waals surface area contributed by atoms with Crippen molar-refractivity contribution >= 4 is 45.8 Å². The molecule has 0 aliphatic carbocycles. The SMILES string of the molecule is CC[C@H]1O[C@@H](OC[C@H]2O[C@@H](Br)[C@H](OC(C)=O)[C@@H](OC(C)=O)[C@H]2OC(C)=O)[C@@H](OC(C)=O)[C@@H](OC(C)=O)[C@@H]1C. The van der Waals surface area contributed by atoms with Gasteiger partial charge in [0.2, 0.25) is 0 Å². The summed E-state index contributed by atoms with van der Waals surface area (Å²) in [6.07, 6.45) is -7.68. The van der Waals surface area contributed by atoms with Gasteiger partial charge in [-0.25, -0.2) is 0 Å². The quantitative estimate of drug-likeness (QED) is 0.210. The van der Waals surface area contributed by atoms with Crippen LogP contribution in [0.5, 0.6) is 0 Å². The Morgan fingerprint density at radius 3 is 1.58 bits per heavy atom. The number of carbonyl (C=O) groups is 5. The van der Waals surface area contributed by atoms with Crippen LogP contribution in [0.15, 0.2) is 0 Å². The topological polar surface area (TPSA) is 159 Å². The maximum Gasteiger partial charge on any atom is 0.303 e. The summed E-state index contributed by atoms with van der Waals surface area (Å²) >= 11 is 3.28. The summed E-state index contributed by atoms with van der Waals surface area (Å²) in [5.74, 6) is -3.62. The van der Waals surface area contributed by atoms with Gasteiger partial charge in [-0.1, -0.05) is 29.8 Å². The second-order valence-electron chi connectivity index (χ2n) is 9.04. The predicted octanol–water partition coefficient (Wildman–Crippen LogP) is 1.55. The average molecular weight is 611 g/mol. The molecule has 2 aliphatic rings. The lowest BCUT2D eigenvalue weighted by Crippen LogP contribution is -2.62. The van der Waals surface area contributed by atoms with Gasteiger partial charge in [0.1, 0.15) is 12.2 Å². The van der Waals surface area contributed by atoms with E-state index in [1.54, 1.807) is 0 Å². The van der Waals surface area contributed by atoms with Crippen molar-refractivity contribution in [1.82, 2.24) is 0 Å². The zero-order valence-corrected chi connectivity index (χ0v) is 24.0. The van der Waals surface area contributed by atoms with Crippen molar-refractivity contribution in [2.24, 2.45) is 5.92 Å². The number of ether oxygens (including phenoxy) is 8. The third kappa shape index (κ3) is 8.61. The molecule has 10 atom stereocenters. The average Bonchev–Trinajstić information content (AvgIpc) is 2.79. The standard InChI is InChI=1S/C24H35BrO13/c1-8-16-10(2)18(32-11(3)26)22(36-15(7)30)24(38-16)31-9-17-19(33-12(4)27)20(34-13(5)28)21(23(25)37-17)35-14(6)29/h10,16-24H,8-9H2,1-7H3/t10-,16-,17-,18+,19+,20+,21-,22+,23-,24-/m1/s1. The maximum absolute atomic E-state index is 11.9. The molecule has 2 rings (SSSR count). The van der Waals surface area contributed by atoms with Gasteiger partial charge in [-0.15, -0.1) is 0 Å². The summed E-state index contributed by atoms with van der Waals surface area (Å²) < 4.78 is 44.9. The largest absolute Gasteiger partial charge is 0.458 e. The first-order valence-corrected chi connectivity index (χ1v) is 13.1. The fraction of sp³-hybridized carbons (Fsp3) is 0.792. The molecule has 0 aromatic heterocycles. The maximum atomic E-state index is 11.9. The van der Waals surface area contributed by atoms with Crippen molar-refractivity contribution in [1.29, 1.82) is 0 Å². The van der Waals surface area contributed by atoms with Gasteiger partial charge < -0.3 is 37.9 Å². The van der Waals surface area contributed by atoms with Crippen molar-refractivity contribution in [3.05, 3.63) is 0 Å². The highest BCUT2D eigenvalue weighted by molar-refractivity contribution is 9.09. The number of hydrogen-bond acceptors (Lipinski definition) is 13. The van der Waals surface area contributed by atoms with Crippen LogP contribution < -0.4 is 0 Å². The number of esters is 5. The number of carbonyl (C=O) groups excluding carboxylic acids is 5. The summed E-state index contributed by atoms with van der Waals surface area (Å²) in [5, 5.41) is -0.968. The van der Waals surface area contributed by atoms with E-state index in [4.69, 9.17) is 37.9 Å². The van der Waals surface area contributed by atoms with Gasteiger partial charge in [0.25, 0.3) is 0 Å². The molecule has 216 valence electrons. The second kappa shape index (κ2) is 14.2. The monoisotopic (exact) mass is 610 g/mol. The number of hydrogen-bond donors (Lipinski definition) is 0. The molecule has 0 aromatic carbocycles. The van der Waals surface area contributed by atoms with E-state index < -0.39 is 83.9 Å². The molecule has 0 bridgehead atoms. The van der Waals surface area contributed by atoms with E-state index in [1.165, 1.54) is 20.8 Å². The molecule has 2 heterocycles. The molecule has 14 heteroatoms. The predicted molar refractivity (Wildman–Crippen MR) is 129 cm³/mol. The molecule has 0 amide bonds. The van der Waals surface area contributed by atoms with Crippen molar-refractivity contribution < 1.29 is 61.9 Å². The Morgan fingerprint density at radius 2 is 1.08 bits per heavy atom. The Hall–Kier alpha value is -2.29. The van der Waals surface area contributed by atoms with E-state index >= 15 is 0 Å². The molecule has 2 aliphatic heterocycles. The van der Waals surface area contributed by atoms with Crippen LogP contribution in [0.25, 0.3) is 0 Å². The van der Waals surface area contributed by atoms with E-state index in [-0.39, 0.29) is 12.5 Å². The molecule has 0 N–H and O–H groups in total. The molecule has 2 saturated heterocycles. The molecule has 0 spiro atoms. The first-order chi connectivity index (χ1) is 17.7. The Bertz CT molecular complexity index is 879. The first kappa shape index (κ1) is 31.9. The van der Waals surface area contributed by atoms with Gasteiger partial charge in [-0.3, -0.25) is 24.0 Å². The minimum Gasteiger partial charge on any atom is -0.458 e. The van der Waals surface area contributed by atoms with E-state index in [0.717, 1.165) is 13.8 Å². The van der Waals surface area contributed by atoms with Crippen LogP contribution in [0.4, 0.5) is 0 Å². The highest BCUT2D eigenvalue weighted by Crippen LogP contribution is 2.35. The van der Waals surface area contributed by atoms with E-state index in [2.05, 4.69) is 15.9 Å². The minimum atomic E-state index is -1.24. The Labute approximate surface area is 229 Å². The van der Waals surface area contributed by atoms with Gasteiger partial charge in [0.05, 0.1) is 12.7 Å². The van der Waals surface area contributed by atoms with Crippen LogP contribution in [0.3, 0.4) is 0 Å². The Morgan fingerprint density at radius 1 is 0.632 bits per heavy atom.